The van der Waals surface area contributed by atoms with Crippen LogP contribution in [-0.4, -0.2) is 17.0 Å². The highest BCUT2D eigenvalue weighted by Gasteiger charge is 1.97. The fraction of sp³-hybridized carbons (Fsp3) is 0.400. The van der Waals surface area contributed by atoms with Gasteiger partial charge in [0.2, 0.25) is 0 Å². The fourth-order valence-corrected chi connectivity index (χ4v) is 2.53. The minimum absolute atomic E-state index is 0.195. The number of aliphatic hydroxyl groups is 1. The van der Waals surface area contributed by atoms with Gasteiger partial charge in [0, 0.05) is 15.1 Å². The second-order valence-electron chi connectivity index (χ2n) is 2.94. The third kappa shape index (κ3) is 4.69. The third-order valence-corrected chi connectivity index (χ3v) is 3.12. The molecule has 1 nitrogen and oxygen atoms in total. The Morgan fingerprint density at radius 1 is 1.54 bits per heavy atom. The van der Waals surface area contributed by atoms with Gasteiger partial charge in [-0.2, -0.15) is 0 Å². The van der Waals surface area contributed by atoms with Crippen LogP contribution >= 0.6 is 27.7 Å². The zero-order valence-electron chi connectivity index (χ0n) is 7.53. The molecular formula is C10H13BrOS. The van der Waals surface area contributed by atoms with E-state index in [0.29, 0.717) is 0 Å². The number of aliphatic hydroxyl groups excluding tert-OH is 1. The van der Waals surface area contributed by atoms with E-state index in [1.165, 1.54) is 4.90 Å². The summed E-state index contributed by atoms with van der Waals surface area (Å²) in [4.78, 5) is 1.25. The van der Waals surface area contributed by atoms with Crippen molar-refractivity contribution in [2.24, 2.45) is 0 Å². The number of hydrogen-bond donors (Lipinski definition) is 1. The summed E-state index contributed by atoms with van der Waals surface area (Å²) < 4.78 is 1.11. The summed E-state index contributed by atoms with van der Waals surface area (Å²) in [6, 6.07) is 8.21. The van der Waals surface area contributed by atoms with Gasteiger partial charge in [-0.05, 0) is 31.5 Å². The first kappa shape index (κ1) is 11.1. The molecule has 13 heavy (non-hydrogen) atoms. The molecule has 0 aliphatic rings. The van der Waals surface area contributed by atoms with Crippen LogP contribution in [0.3, 0.4) is 0 Å². The minimum Gasteiger partial charge on any atom is -0.393 e. The smallest absolute Gasteiger partial charge is 0.0520 e. The van der Waals surface area contributed by atoms with E-state index in [9.17, 15) is 0 Å². The Kier molecular flexibility index (Phi) is 4.84. The Balaban J connectivity index is 2.37. The molecule has 0 spiro atoms. The van der Waals surface area contributed by atoms with Gasteiger partial charge < -0.3 is 5.11 Å². The zero-order chi connectivity index (χ0) is 9.68. The van der Waals surface area contributed by atoms with Crippen LogP contribution in [0.4, 0.5) is 0 Å². The second kappa shape index (κ2) is 5.68. The Labute approximate surface area is 91.7 Å². The van der Waals surface area contributed by atoms with Gasteiger partial charge in [0.15, 0.2) is 0 Å². The average Bonchev–Trinajstić information content (AvgIpc) is 2.03. The molecule has 1 aromatic carbocycles. The van der Waals surface area contributed by atoms with Crippen molar-refractivity contribution in [3.05, 3.63) is 28.7 Å². The molecule has 1 N–H and O–H groups in total. The summed E-state index contributed by atoms with van der Waals surface area (Å²) in [6.45, 7) is 1.82. The first-order valence-corrected chi connectivity index (χ1v) is 6.03. The van der Waals surface area contributed by atoms with Crippen LogP contribution in [0.1, 0.15) is 13.3 Å². The van der Waals surface area contributed by atoms with Crippen LogP contribution in [0.25, 0.3) is 0 Å². The summed E-state index contributed by atoms with van der Waals surface area (Å²) in [6.07, 6.45) is 0.650. The summed E-state index contributed by atoms with van der Waals surface area (Å²) >= 11 is 5.19. The molecule has 0 aromatic heterocycles. The predicted octanol–water partition coefficient (Wildman–Crippen LogP) is 3.31. The van der Waals surface area contributed by atoms with Crippen molar-refractivity contribution >= 4 is 27.7 Å². The quantitative estimate of drug-likeness (QED) is 0.839. The number of rotatable bonds is 4. The molecule has 0 radical (unpaired) electrons. The maximum atomic E-state index is 9.06. The van der Waals surface area contributed by atoms with Gasteiger partial charge in [0.1, 0.15) is 0 Å². The maximum Gasteiger partial charge on any atom is 0.0520 e. The molecule has 1 aromatic rings. The van der Waals surface area contributed by atoms with Crippen molar-refractivity contribution in [1.82, 2.24) is 0 Å². The lowest BCUT2D eigenvalue weighted by molar-refractivity contribution is 0.192. The topological polar surface area (TPSA) is 20.2 Å². The molecule has 0 fully saturated rings. The van der Waals surface area contributed by atoms with Crippen molar-refractivity contribution < 1.29 is 5.11 Å². The first-order valence-electron chi connectivity index (χ1n) is 4.25. The summed E-state index contributed by atoms with van der Waals surface area (Å²) in [5.74, 6) is 0.966. The number of benzene rings is 1. The maximum absolute atomic E-state index is 9.06. The Hall–Kier alpha value is 0.01000. The molecule has 1 rings (SSSR count). The SMILES string of the molecule is CC(O)CCSc1cccc(Br)c1. The molecule has 0 aliphatic heterocycles. The van der Waals surface area contributed by atoms with E-state index in [1.807, 2.05) is 19.1 Å². The molecule has 72 valence electrons. The molecule has 0 amide bonds. The highest BCUT2D eigenvalue weighted by atomic mass is 79.9. The molecule has 0 saturated carbocycles. The molecule has 0 bridgehead atoms. The van der Waals surface area contributed by atoms with Crippen molar-refractivity contribution in [3.8, 4) is 0 Å². The van der Waals surface area contributed by atoms with Gasteiger partial charge in [-0.3, -0.25) is 0 Å². The van der Waals surface area contributed by atoms with E-state index in [-0.39, 0.29) is 6.10 Å². The first-order chi connectivity index (χ1) is 6.18. The van der Waals surface area contributed by atoms with Crippen LogP contribution in [0, 0.1) is 0 Å². The van der Waals surface area contributed by atoms with Gasteiger partial charge in [-0.25, -0.2) is 0 Å². The minimum atomic E-state index is -0.195. The largest absolute Gasteiger partial charge is 0.393 e. The van der Waals surface area contributed by atoms with E-state index in [4.69, 9.17) is 5.11 Å². The summed E-state index contributed by atoms with van der Waals surface area (Å²) in [5, 5.41) is 9.06. The summed E-state index contributed by atoms with van der Waals surface area (Å²) in [5.41, 5.74) is 0. The molecule has 1 atom stereocenters. The van der Waals surface area contributed by atoms with Gasteiger partial charge in [0.25, 0.3) is 0 Å². The Morgan fingerprint density at radius 2 is 2.31 bits per heavy atom. The summed E-state index contributed by atoms with van der Waals surface area (Å²) in [7, 11) is 0. The second-order valence-corrected chi connectivity index (χ2v) is 5.03. The Bertz CT molecular complexity index is 263. The van der Waals surface area contributed by atoms with E-state index in [2.05, 4.69) is 28.1 Å². The molecule has 3 heteroatoms. The van der Waals surface area contributed by atoms with Gasteiger partial charge >= 0.3 is 0 Å². The van der Waals surface area contributed by atoms with Crippen LogP contribution in [0.15, 0.2) is 33.6 Å². The lowest BCUT2D eigenvalue weighted by atomic mass is 10.3. The lowest BCUT2D eigenvalue weighted by Crippen LogP contribution is -2.00. The van der Waals surface area contributed by atoms with Gasteiger partial charge in [-0.1, -0.05) is 22.0 Å². The molecule has 0 saturated heterocycles. The highest BCUT2D eigenvalue weighted by molar-refractivity contribution is 9.10. The molecule has 0 aliphatic carbocycles. The number of hydrogen-bond acceptors (Lipinski definition) is 2. The normalized spacial score (nSPS) is 12.8. The monoisotopic (exact) mass is 260 g/mol. The third-order valence-electron chi connectivity index (χ3n) is 1.60. The van der Waals surface area contributed by atoms with E-state index >= 15 is 0 Å². The van der Waals surface area contributed by atoms with Crippen LogP contribution < -0.4 is 0 Å². The van der Waals surface area contributed by atoms with E-state index in [1.54, 1.807) is 11.8 Å². The standard InChI is InChI=1S/C10H13BrOS/c1-8(12)5-6-13-10-4-2-3-9(11)7-10/h2-4,7-8,12H,5-6H2,1H3. The lowest BCUT2D eigenvalue weighted by Gasteiger charge is -2.03. The molecule has 0 heterocycles. The van der Waals surface area contributed by atoms with Crippen molar-refractivity contribution in [1.29, 1.82) is 0 Å². The van der Waals surface area contributed by atoms with Gasteiger partial charge in [-0.15, -0.1) is 11.8 Å². The Morgan fingerprint density at radius 3 is 2.92 bits per heavy atom. The van der Waals surface area contributed by atoms with Gasteiger partial charge in [0.05, 0.1) is 6.10 Å². The van der Waals surface area contributed by atoms with E-state index in [0.717, 1.165) is 16.6 Å². The van der Waals surface area contributed by atoms with Crippen molar-refractivity contribution in [3.63, 3.8) is 0 Å². The van der Waals surface area contributed by atoms with Crippen molar-refractivity contribution in [2.75, 3.05) is 5.75 Å². The number of thioether (sulfide) groups is 1. The number of halogens is 1. The predicted molar refractivity (Wildman–Crippen MR) is 61.2 cm³/mol. The molecular weight excluding hydrogens is 248 g/mol. The van der Waals surface area contributed by atoms with Crippen molar-refractivity contribution in [2.45, 2.75) is 24.3 Å². The van der Waals surface area contributed by atoms with Crippen LogP contribution in [0.5, 0.6) is 0 Å². The highest BCUT2D eigenvalue weighted by Crippen LogP contribution is 2.22. The molecule has 1 unspecified atom stereocenters. The fourth-order valence-electron chi connectivity index (χ4n) is 0.904. The van der Waals surface area contributed by atoms with Crippen LogP contribution in [0.2, 0.25) is 0 Å². The van der Waals surface area contributed by atoms with E-state index < -0.39 is 0 Å². The zero-order valence-corrected chi connectivity index (χ0v) is 9.94. The van der Waals surface area contributed by atoms with Crippen LogP contribution in [-0.2, 0) is 0 Å². The average molecular weight is 261 g/mol.